The summed E-state index contributed by atoms with van der Waals surface area (Å²) < 4.78 is 40.9. The second-order valence-electron chi connectivity index (χ2n) is 4.80. The Morgan fingerprint density at radius 1 is 1.08 bits per heavy atom. The third-order valence-electron chi connectivity index (χ3n) is 2.96. The molecule has 2 aromatic carbocycles. The van der Waals surface area contributed by atoms with Gasteiger partial charge in [0, 0.05) is 11.6 Å². The van der Waals surface area contributed by atoms with Crippen molar-refractivity contribution in [2.24, 2.45) is 0 Å². The average Bonchev–Trinajstić information content (AvgIpc) is 2.52. The molecular weight excluding hydrogens is 345 g/mol. The fourth-order valence-corrected chi connectivity index (χ4v) is 1.99. The minimum Gasteiger partial charge on any atom is -0.404 e. The molecule has 0 saturated carbocycles. The molecule has 0 aliphatic rings. The number of anilines is 1. The number of nitrogens with one attached hydrogen (secondary N) is 2. The zero-order valence-electron chi connectivity index (χ0n) is 12.4. The molecule has 2 rings (SSSR count). The van der Waals surface area contributed by atoms with Crippen molar-refractivity contribution < 1.29 is 22.7 Å². The van der Waals surface area contributed by atoms with E-state index in [1.54, 1.807) is 24.3 Å². The predicted octanol–water partition coefficient (Wildman–Crippen LogP) is 3.97. The van der Waals surface area contributed by atoms with Crippen molar-refractivity contribution in [1.29, 1.82) is 0 Å². The molecule has 0 radical (unpaired) electrons. The van der Waals surface area contributed by atoms with Crippen LogP contribution >= 0.6 is 11.6 Å². The quantitative estimate of drug-likeness (QED) is 0.821. The van der Waals surface area contributed by atoms with Crippen molar-refractivity contribution in [2.75, 3.05) is 11.9 Å². The fraction of sp³-hybridized carbons (Fsp3) is 0.188. The highest BCUT2D eigenvalue weighted by Crippen LogP contribution is 2.29. The lowest BCUT2D eigenvalue weighted by molar-refractivity contribution is -0.274. The van der Waals surface area contributed by atoms with E-state index in [9.17, 15) is 18.0 Å². The summed E-state index contributed by atoms with van der Waals surface area (Å²) in [4.78, 5) is 11.8. The maximum absolute atomic E-state index is 12.3. The Balaban J connectivity index is 1.86. The van der Waals surface area contributed by atoms with Crippen LogP contribution < -0.4 is 15.4 Å². The molecule has 0 saturated heterocycles. The van der Waals surface area contributed by atoms with E-state index in [-0.39, 0.29) is 18.1 Å². The van der Waals surface area contributed by atoms with E-state index in [2.05, 4.69) is 15.4 Å². The highest BCUT2D eigenvalue weighted by Gasteiger charge is 2.32. The first kappa shape index (κ1) is 17.9. The molecule has 0 atom stereocenters. The van der Waals surface area contributed by atoms with E-state index in [1.165, 1.54) is 24.3 Å². The molecule has 0 heterocycles. The van der Waals surface area contributed by atoms with Crippen LogP contribution in [-0.4, -0.2) is 18.8 Å². The molecule has 128 valence electrons. The summed E-state index contributed by atoms with van der Waals surface area (Å²) in [5.74, 6) is -0.762. The Hall–Kier alpha value is -2.41. The Morgan fingerprint density at radius 3 is 2.42 bits per heavy atom. The van der Waals surface area contributed by atoms with Crippen LogP contribution in [0.15, 0.2) is 48.5 Å². The van der Waals surface area contributed by atoms with Gasteiger partial charge < -0.3 is 15.4 Å². The third-order valence-corrected chi connectivity index (χ3v) is 3.21. The second-order valence-corrected chi connectivity index (χ2v) is 5.24. The lowest BCUT2D eigenvalue weighted by atomic mass is 10.2. The zero-order chi connectivity index (χ0) is 17.6. The maximum Gasteiger partial charge on any atom is 0.573 e. The maximum atomic E-state index is 12.3. The average molecular weight is 359 g/mol. The molecule has 0 aliphatic carbocycles. The van der Waals surface area contributed by atoms with Crippen molar-refractivity contribution >= 4 is 23.2 Å². The molecule has 0 unspecified atom stereocenters. The highest BCUT2D eigenvalue weighted by atomic mass is 35.5. The van der Waals surface area contributed by atoms with Gasteiger partial charge in [-0.1, -0.05) is 35.9 Å². The van der Waals surface area contributed by atoms with E-state index in [1.807, 2.05) is 0 Å². The fourth-order valence-electron chi connectivity index (χ4n) is 1.87. The smallest absolute Gasteiger partial charge is 0.404 e. The number of rotatable bonds is 6. The first-order chi connectivity index (χ1) is 11.3. The van der Waals surface area contributed by atoms with Gasteiger partial charge in [0.05, 0.1) is 12.2 Å². The van der Waals surface area contributed by atoms with Crippen molar-refractivity contribution in [3.8, 4) is 5.75 Å². The number of benzene rings is 2. The van der Waals surface area contributed by atoms with Crippen LogP contribution in [-0.2, 0) is 11.3 Å². The van der Waals surface area contributed by atoms with Gasteiger partial charge in [-0.15, -0.1) is 13.2 Å². The molecule has 0 aliphatic heterocycles. The number of amides is 1. The van der Waals surface area contributed by atoms with Crippen molar-refractivity contribution in [3.63, 3.8) is 0 Å². The van der Waals surface area contributed by atoms with Gasteiger partial charge in [-0.3, -0.25) is 4.79 Å². The molecular formula is C16H14ClF3N2O2. The standard InChI is InChI=1S/C16H14ClF3N2O2/c17-12-7-5-11(6-8-12)9-22-15(23)10-21-13-3-1-2-4-14(13)24-16(18,19)20/h1-8,21H,9-10H2,(H,22,23). The Kier molecular flexibility index (Phi) is 5.92. The van der Waals surface area contributed by atoms with Crippen LogP contribution in [0.3, 0.4) is 0 Å². The number of ether oxygens (including phenoxy) is 1. The predicted molar refractivity (Wildman–Crippen MR) is 84.9 cm³/mol. The van der Waals surface area contributed by atoms with Crippen LogP contribution in [0.2, 0.25) is 5.02 Å². The van der Waals surface area contributed by atoms with Gasteiger partial charge in [0.15, 0.2) is 5.75 Å². The SMILES string of the molecule is O=C(CNc1ccccc1OC(F)(F)F)NCc1ccc(Cl)cc1. The van der Waals surface area contributed by atoms with Gasteiger partial charge in [0.1, 0.15) is 0 Å². The van der Waals surface area contributed by atoms with Gasteiger partial charge in [-0.25, -0.2) is 0 Å². The summed E-state index contributed by atoms with van der Waals surface area (Å²) in [6, 6.07) is 12.4. The largest absolute Gasteiger partial charge is 0.573 e. The molecule has 0 spiro atoms. The van der Waals surface area contributed by atoms with Gasteiger partial charge in [0.25, 0.3) is 0 Å². The zero-order valence-corrected chi connectivity index (χ0v) is 13.1. The molecule has 8 heteroatoms. The van der Waals surface area contributed by atoms with Gasteiger partial charge in [0.2, 0.25) is 5.91 Å². The molecule has 2 aromatic rings. The summed E-state index contributed by atoms with van der Waals surface area (Å²) in [6.45, 7) is 0.101. The molecule has 24 heavy (non-hydrogen) atoms. The number of hydrogen-bond donors (Lipinski definition) is 2. The third kappa shape index (κ3) is 6.00. The monoisotopic (exact) mass is 358 g/mol. The van der Waals surface area contributed by atoms with E-state index >= 15 is 0 Å². The van der Waals surface area contributed by atoms with Crippen LogP contribution in [0.25, 0.3) is 0 Å². The topological polar surface area (TPSA) is 50.4 Å². The van der Waals surface area contributed by atoms with E-state index in [0.717, 1.165) is 5.56 Å². The minimum absolute atomic E-state index is 0.0801. The number of alkyl halides is 3. The highest BCUT2D eigenvalue weighted by molar-refractivity contribution is 6.30. The summed E-state index contributed by atoms with van der Waals surface area (Å²) in [6.07, 6.45) is -4.80. The van der Waals surface area contributed by atoms with Gasteiger partial charge in [-0.05, 0) is 29.8 Å². The number of carbonyl (C=O) groups is 1. The normalized spacial score (nSPS) is 11.0. The summed E-state index contributed by atoms with van der Waals surface area (Å²) in [5, 5.41) is 5.86. The Morgan fingerprint density at radius 2 is 1.75 bits per heavy atom. The van der Waals surface area contributed by atoms with Gasteiger partial charge >= 0.3 is 6.36 Å². The molecule has 2 N–H and O–H groups in total. The van der Waals surface area contributed by atoms with E-state index < -0.39 is 12.1 Å². The van der Waals surface area contributed by atoms with E-state index in [4.69, 9.17) is 11.6 Å². The lowest BCUT2D eigenvalue weighted by Gasteiger charge is -2.14. The Labute approximate surface area is 141 Å². The summed E-state index contributed by atoms with van der Waals surface area (Å²) in [5.41, 5.74) is 0.935. The van der Waals surface area contributed by atoms with E-state index in [0.29, 0.717) is 11.6 Å². The van der Waals surface area contributed by atoms with Crippen LogP contribution in [0.4, 0.5) is 18.9 Å². The van der Waals surface area contributed by atoms with Crippen molar-refractivity contribution in [3.05, 3.63) is 59.1 Å². The number of carbonyl (C=O) groups excluding carboxylic acids is 1. The number of hydrogen-bond acceptors (Lipinski definition) is 3. The molecule has 0 bridgehead atoms. The summed E-state index contributed by atoms with van der Waals surface area (Å²) >= 11 is 5.76. The molecule has 1 amide bonds. The van der Waals surface area contributed by atoms with Crippen LogP contribution in [0.1, 0.15) is 5.56 Å². The first-order valence-corrected chi connectivity index (χ1v) is 7.31. The van der Waals surface area contributed by atoms with Crippen molar-refractivity contribution in [2.45, 2.75) is 12.9 Å². The van der Waals surface area contributed by atoms with Crippen LogP contribution in [0, 0.1) is 0 Å². The first-order valence-electron chi connectivity index (χ1n) is 6.93. The summed E-state index contributed by atoms with van der Waals surface area (Å²) in [7, 11) is 0. The lowest BCUT2D eigenvalue weighted by Crippen LogP contribution is -2.29. The number of halogens is 4. The molecule has 4 nitrogen and oxygen atoms in total. The van der Waals surface area contributed by atoms with Crippen LogP contribution in [0.5, 0.6) is 5.75 Å². The van der Waals surface area contributed by atoms with Crippen molar-refractivity contribution in [1.82, 2.24) is 5.32 Å². The Bertz CT molecular complexity index is 690. The second kappa shape index (κ2) is 7.92. The molecule has 0 aromatic heterocycles. The number of para-hydroxylation sites is 2. The van der Waals surface area contributed by atoms with Gasteiger partial charge in [-0.2, -0.15) is 0 Å². The molecule has 0 fully saturated rings. The minimum atomic E-state index is -4.80.